The second-order valence-corrected chi connectivity index (χ2v) is 4.85. The number of aromatic nitrogens is 2. The standard InChI is InChI=1S/C15H15FN2O2/c16-14-7-3-4-10(17-14)9-20-15-8-13(19)11-5-1-2-6-12(11)18-15/h3-4,7-8H,1-2,5-6,9H2,(H,18,19). The lowest BCUT2D eigenvalue weighted by molar-refractivity contribution is 0.283. The average molecular weight is 274 g/mol. The SMILES string of the molecule is Oc1cc(OCc2cccc(F)n2)nc2c1CCCC2. The van der Waals surface area contributed by atoms with Crippen LogP contribution in [0, 0.1) is 5.95 Å². The Bertz CT molecular complexity index is 631. The maximum Gasteiger partial charge on any atom is 0.217 e. The molecule has 2 aromatic rings. The number of ether oxygens (including phenoxy) is 1. The molecule has 4 nitrogen and oxygen atoms in total. The summed E-state index contributed by atoms with van der Waals surface area (Å²) >= 11 is 0. The fourth-order valence-electron chi connectivity index (χ4n) is 2.41. The van der Waals surface area contributed by atoms with Gasteiger partial charge in [-0.3, -0.25) is 0 Å². The molecule has 1 N–H and O–H groups in total. The lowest BCUT2D eigenvalue weighted by Crippen LogP contribution is -2.08. The quantitative estimate of drug-likeness (QED) is 0.874. The van der Waals surface area contributed by atoms with Gasteiger partial charge in [0, 0.05) is 11.6 Å². The van der Waals surface area contributed by atoms with E-state index in [1.165, 1.54) is 12.1 Å². The van der Waals surface area contributed by atoms with Gasteiger partial charge in [0.25, 0.3) is 0 Å². The number of aryl methyl sites for hydroxylation is 1. The van der Waals surface area contributed by atoms with E-state index in [1.54, 1.807) is 12.1 Å². The number of halogens is 1. The summed E-state index contributed by atoms with van der Waals surface area (Å²) in [5, 5.41) is 9.98. The molecule has 0 radical (unpaired) electrons. The van der Waals surface area contributed by atoms with Crippen LogP contribution in [0.5, 0.6) is 11.6 Å². The van der Waals surface area contributed by atoms with Crippen LogP contribution in [-0.2, 0) is 19.4 Å². The van der Waals surface area contributed by atoms with Crippen molar-refractivity contribution in [1.29, 1.82) is 0 Å². The molecule has 3 rings (SSSR count). The molecule has 2 aromatic heterocycles. The first-order valence-electron chi connectivity index (χ1n) is 6.68. The van der Waals surface area contributed by atoms with Gasteiger partial charge >= 0.3 is 0 Å². The Morgan fingerprint density at radius 2 is 2.05 bits per heavy atom. The molecule has 0 atom stereocenters. The van der Waals surface area contributed by atoms with E-state index >= 15 is 0 Å². The monoisotopic (exact) mass is 274 g/mol. The van der Waals surface area contributed by atoms with Gasteiger partial charge in [-0.1, -0.05) is 6.07 Å². The summed E-state index contributed by atoms with van der Waals surface area (Å²) in [5.74, 6) is 0.0541. The molecule has 0 saturated carbocycles. The first-order chi connectivity index (χ1) is 9.72. The third-order valence-electron chi connectivity index (χ3n) is 3.39. The smallest absolute Gasteiger partial charge is 0.217 e. The highest BCUT2D eigenvalue weighted by Crippen LogP contribution is 2.30. The van der Waals surface area contributed by atoms with Crippen molar-refractivity contribution in [1.82, 2.24) is 9.97 Å². The number of rotatable bonds is 3. The van der Waals surface area contributed by atoms with Gasteiger partial charge in [0.1, 0.15) is 12.4 Å². The maximum atomic E-state index is 13.0. The molecular weight excluding hydrogens is 259 g/mol. The summed E-state index contributed by atoms with van der Waals surface area (Å²) < 4.78 is 18.5. The molecule has 5 heteroatoms. The topological polar surface area (TPSA) is 55.2 Å². The van der Waals surface area contributed by atoms with E-state index < -0.39 is 5.95 Å². The van der Waals surface area contributed by atoms with Crippen LogP contribution in [0.15, 0.2) is 24.3 Å². The third kappa shape index (κ3) is 2.71. The highest BCUT2D eigenvalue weighted by molar-refractivity contribution is 5.40. The van der Waals surface area contributed by atoms with E-state index in [-0.39, 0.29) is 12.4 Å². The predicted molar refractivity (Wildman–Crippen MR) is 71.1 cm³/mol. The Labute approximate surface area is 116 Å². The first-order valence-corrected chi connectivity index (χ1v) is 6.68. The van der Waals surface area contributed by atoms with Crippen LogP contribution in [-0.4, -0.2) is 15.1 Å². The Morgan fingerprint density at radius 3 is 2.90 bits per heavy atom. The Hall–Kier alpha value is -2.17. The summed E-state index contributed by atoms with van der Waals surface area (Å²) in [4.78, 5) is 8.12. The fourth-order valence-corrected chi connectivity index (χ4v) is 2.41. The summed E-state index contributed by atoms with van der Waals surface area (Å²) in [5.41, 5.74) is 2.31. The van der Waals surface area contributed by atoms with Gasteiger partial charge in [0.15, 0.2) is 0 Å². The lowest BCUT2D eigenvalue weighted by Gasteiger charge is -2.17. The van der Waals surface area contributed by atoms with Gasteiger partial charge < -0.3 is 9.84 Å². The van der Waals surface area contributed by atoms with Gasteiger partial charge in [-0.25, -0.2) is 9.97 Å². The fraction of sp³-hybridized carbons (Fsp3) is 0.333. The number of hydrogen-bond donors (Lipinski definition) is 1. The minimum atomic E-state index is -0.535. The van der Waals surface area contributed by atoms with Crippen LogP contribution < -0.4 is 4.74 Å². The molecule has 20 heavy (non-hydrogen) atoms. The number of aromatic hydroxyl groups is 1. The van der Waals surface area contributed by atoms with Crippen molar-refractivity contribution in [2.24, 2.45) is 0 Å². The highest BCUT2D eigenvalue weighted by Gasteiger charge is 2.16. The van der Waals surface area contributed by atoms with Crippen molar-refractivity contribution in [3.05, 3.63) is 47.2 Å². The molecule has 0 fully saturated rings. The van der Waals surface area contributed by atoms with Crippen molar-refractivity contribution in [2.45, 2.75) is 32.3 Å². The largest absolute Gasteiger partial charge is 0.507 e. The van der Waals surface area contributed by atoms with Crippen LogP contribution in [0.2, 0.25) is 0 Å². The van der Waals surface area contributed by atoms with E-state index in [1.807, 2.05) is 0 Å². The van der Waals surface area contributed by atoms with E-state index in [0.29, 0.717) is 11.6 Å². The van der Waals surface area contributed by atoms with Gasteiger partial charge in [0.05, 0.1) is 11.4 Å². The van der Waals surface area contributed by atoms with Crippen molar-refractivity contribution in [2.75, 3.05) is 0 Å². The molecule has 1 aliphatic carbocycles. The highest BCUT2D eigenvalue weighted by atomic mass is 19.1. The second-order valence-electron chi connectivity index (χ2n) is 4.85. The Kier molecular flexibility index (Phi) is 3.50. The van der Waals surface area contributed by atoms with Gasteiger partial charge in [-0.2, -0.15) is 4.39 Å². The number of nitrogens with zero attached hydrogens (tertiary/aromatic N) is 2. The minimum Gasteiger partial charge on any atom is -0.507 e. The molecule has 104 valence electrons. The van der Waals surface area contributed by atoms with Crippen LogP contribution in [0.25, 0.3) is 0 Å². The van der Waals surface area contributed by atoms with Gasteiger partial charge in [-0.15, -0.1) is 0 Å². The average Bonchev–Trinajstić information content (AvgIpc) is 2.45. The van der Waals surface area contributed by atoms with E-state index in [4.69, 9.17) is 4.74 Å². The van der Waals surface area contributed by atoms with Crippen LogP contribution in [0.1, 0.15) is 29.8 Å². The van der Waals surface area contributed by atoms with Gasteiger partial charge in [0.2, 0.25) is 11.8 Å². The molecule has 0 unspecified atom stereocenters. The summed E-state index contributed by atoms with van der Waals surface area (Å²) in [6.07, 6.45) is 3.88. The molecule has 0 spiro atoms. The zero-order chi connectivity index (χ0) is 13.9. The van der Waals surface area contributed by atoms with Crippen molar-refractivity contribution < 1.29 is 14.2 Å². The molecule has 1 aliphatic rings. The second kappa shape index (κ2) is 5.45. The first kappa shape index (κ1) is 12.8. The van der Waals surface area contributed by atoms with E-state index in [0.717, 1.165) is 36.9 Å². The maximum absolute atomic E-state index is 13.0. The Balaban J connectivity index is 1.76. The summed E-state index contributed by atoms with van der Waals surface area (Å²) in [6, 6.07) is 6.07. The Morgan fingerprint density at radius 1 is 1.20 bits per heavy atom. The normalized spacial score (nSPS) is 13.8. The van der Waals surface area contributed by atoms with Crippen molar-refractivity contribution in [3.63, 3.8) is 0 Å². The van der Waals surface area contributed by atoms with Crippen LogP contribution >= 0.6 is 0 Å². The predicted octanol–water partition coefficient (Wildman–Crippen LogP) is 2.78. The third-order valence-corrected chi connectivity index (χ3v) is 3.39. The molecule has 0 aliphatic heterocycles. The zero-order valence-corrected chi connectivity index (χ0v) is 11.0. The lowest BCUT2D eigenvalue weighted by atomic mass is 9.95. The van der Waals surface area contributed by atoms with Crippen LogP contribution in [0.3, 0.4) is 0 Å². The van der Waals surface area contributed by atoms with E-state index in [2.05, 4.69) is 9.97 Å². The van der Waals surface area contributed by atoms with Crippen LogP contribution in [0.4, 0.5) is 4.39 Å². The molecule has 0 saturated heterocycles. The number of hydrogen-bond acceptors (Lipinski definition) is 4. The molecule has 0 aromatic carbocycles. The minimum absolute atomic E-state index is 0.128. The molecular formula is C15H15FN2O2. The van der Waals surface area contributed by atoms with Crippen molar-refractivity contribution in [3.8, 4) is 11.6 Å². The number of pyridine rings is 2. The van der Waals surface area contributed by atoms with Crippen molar-refractivity contribution >= 4 is 0 Å². The molecule has 0 bridgehead atoms. The number of fused-ring (bicyclic) bond motifs is 1. The molecule has 2 heterocycles. The van der Waals surface area contributed by atoms with Gasteiger partial charge in [-0.05, 0) is 37.8 Å². The molecule has 0 amide bonds. The van der Waals surface area contributed by atoms with E-state index in [9.17, 15) is 9.50 Å². The summed E-state index contributed by atoms with van der Waals surface area (Å²) in [6.45, 7) is 0.128. The summed E-state index contributed by atoms with van der Waals surface area (Å²) in [7, 11) is 0. The zero-order valence-electron chi connectivity index (χ0n) is 11.0.